The number of nitrogens with one attached hydrogen (secondary N) is 1. The standard InChI is InChI=1S/C29H25FN2O4/c1-16(2)36-24-12-11-18(13-17(24)3)27(33)25-26(22-15-31-23-10-5-4-9-21(22)23)32(29(35)28(25)34)20-8-6-7-19(30)14-20/h4-16,26,31,33H,1-3H3/b27-25+. The molecular formula is C29H25FN2O4. The zero-order chi connectivity index (χ0) is 25.6. The number of ether oxygens (including phenoxy) is 1. The second-order valence-electron chi connectivity index (χ2n) is 9.09. The molecule has 6 nitrogen and oxygen atoms in total. The Bertz CT molecular complexity index is 1540. The van der Waals surface area contributed by atoms with Crippen molar-refractivity contribution in [1.29, 1.82) is 0 Å². The van der Waals surface area contributed by atoms with Crippen LogP contribution in [0.4, 0.5) is 10.1 Å². The lowest BCUT2D eigenvalue weighted by atomic mass is 9.94. The molecule has 5 rings (SSSR count). The van der Waals surface area contributed by atoms with E-state index in [9.17, 15) is 19.1 Å². The molecule has 7 heteroatoms. The quantitative estimate of drug-likeness (QED) is 0.206. The van der Waals surface area contributed by atoms with Gasteiger partial charge in [0.1, 0.15) is 17.3 Å². The molecule has 2 heterocycles. The maximum atomic E-state index is 14.2. The molecule has 1 fully saturated rings. The lowest BCUT2D eigenvalue weighted by Gasteiger charge is -2.25. The number of Topliss-reactive ketones (excluding diaryl/α,β-unsaturated/α-hetero) is 1. The number of benzene rings is 3. The summed E-state index contributed by atoms with van der Waals surface area (Å²) in [6.45, 7) is 5.68. The van der Waals surface area contributed by atoms with Crippen LogP contribution in [0.1, 0.15) is 36.6 Å². The summed E-state index contributed by atoms with van der Waals surface area (Å²) in [4.78, 5) is 31.1. The molecule has 1 saturated heterocycles. The van der Waals surface area contributed by atoms with Crippen LogP contribution in [0.25, 0.3) is 16.7 Å². The smallest absolute Gasteiger partial charge is 0.300 e. The first-order valence-corrected chi connectivity index (χ1v) is 11.7. The third-order valence-electron chi connectivity index (χ3n) is 6.26. The number of nitrogens with zero attached hydrogens (tertiary/aromatic N) is 1. The van der Waals surface area contributed by atoms with Crippen LogP contribution in [0.2, 0.25) is 0 Å². The summed E-state index contributed by atoms with van der Waals surface area (Å²) in [5.41, 5.74) is 2.74. The van der Waals surface area contributed by atoms with Crippen molar-refractivity contribution in [3.05, 3.63) is 101 Å². The average Bonchev–Trinajstić information content (AvgIpc) is 3.38. The van der Waals surface area contributed by atoms with Crippen molar-refractivity contribution in [2.75, 3.05) is 4.90 Å². The lowest BCUT2D eigenvalue weighted by molar-refractivity contribution is -0.132. The number of H-pyrrole nitrogens is 1. The van der Waals surface area contributed by atoms with Crippen LogP contribution in [0, 0.1) is 12.7 Å². The monoisotopic (exact) mass is 484 g/mol. The first-order valence-electron chi connectivity index (χ1n) is 11.7. The summed E-state index contributed by atoms with van der Waals surface area (Å²) in [6.07, 6.45) is 1.69. The third kappa shape index (κ3) is 3.92. The van der Waals surface area contributed by atoms with E-state index < -0.39 is 23.5 Å². The molecule has 2 N–H and O–H groups in total. The lowest BCUT2D eigenvalue weighted by Crippen LogP contribution is -2.29. The van der Waals surface area contributed by atoms with Gasteiger partial charge in [-0.3, -0.25) is 14.5 Å². The van der Waals surface area contributed by atoms with Gasteiger partial charge >= 0.3 is 0 Å². The number of aromatic nitrogens is 1. The summed E-state index contributed by atoms with van der Waals surface area (Å²) in [5.74, 6) is -1.86. The molecule has 182 valence electrons. The number of hydrogen-bond donors (Lipinski definition) is 2. The average molecular weight is 485 g/mol. The Morgan fingerprint density at radius 1 is 1.06 bits per heavy atom. The topological polar surface area (TPSA) is 82.6 Å². The molecule has 1 unspecified atom stereocenters. The minimum Gasteiger partial charge on any atom is -0.507 e. The molecule has 0 spiro atoms. The van der Waals surface area contributed by atoms with Crippen molar-refractivity contribution < 1.29 is 23.8 Å². The minimum atomic E-state index is -0.963. The predicted molar refractivity (Wildman–Crippen MR) is 136 cm³/mol. The number of para-hydroxylation sites is 1. The molecule has 0 bridgehead atoms. The fraction of sp³-hybridized carbons (Fsp3) is 0.172. The van der Waals surface area contributed by atoms with Gasteiger partial charge in [0, 0.05) is 33.9 Å². The number of fused-ring (bicyclic) bond motifs is 1. The van der Waals surface area contributed by atoms with Crippen molar-refractivity contribution in [2.45, 2.75) is 32.9 Å². The van der Waals surface area contributed by atoms with Gasteiger partial charge in [0.15, 0.2) is 0 Å². The summed E-state index contributed by atoms with van der Waals surface area (Å²) < 4.78 is 19.9. The van der Waals surface area contributed by atoms with Gasteiger partial charge < -0.3 is 14.8 Å². The van der Waals surface area contributed by atoms with Crippen LogP contribution in [-0.4, -0.2) is 27.9 Å². The molecule has 4 aromatic rings. The second-order valence-corrected chi connectivity index (χ2v) is 9.09. The summed E-state index contributed by atoms with van der Waals surface area (Å²) in [7, 11) is 0. The number of carbonyl (C=O) groups excluding carboxylic acids is 2. The van der Waals surface area contributed by atoms with Gasteiger partial charge in [-0.2, -0.15) is 0 Å². The third-order valence-corrected chi connectivity index (χ3v) is 6.26. The van der Waals surface area contributed by atoms with E-state index in [0.29, 0.717) is 16.9 Å². The fourth-order valence-corrected chi connectivity index (χ4v) is 4.68. The van der Waals surface area contributed by atoms with Gasteiger partial charge in [0.2, 0.25) is 0 Å². The van der Waals surface area contributed by atoms with Gasteiger partial charge in [0.05, 0.1) is 17.7 Å². The second kappa shape index (κ2) is 9.00. The zero-order valence-corrected chi connectivity index (χ0v) is 20.1. The molecule has 1 aliphatic heterocycles. The fourth-order valence-electron chi connectivity index (χ4n) is 4.68. The van der Waals surface area contributed by atoms with Gasteiger partial charge in [-0.05, 0) is 68.8 Å². The van der Waals surface area contributed by atoms with Crippen molar-refractivity contribution in [1.82, 2.24) is 4.98 Å². The van der Waals surface area contributed by atoms with Crippen molar-refractivity contribution >= 4 is 34.0 Å². The van der Waals surface area contributed by atoms with Crippen LogP contribution in [0.3, 0.4) is 0 Å². The van der Waals surface area contributed by atoms with E-state index in [1.54, 1.807) is 30.5 Å². The van der Waals surface area contributed by atoms with Crippen molar-refractivity contribution in [2.24, 2.45) is 0 Å². The Morgan fingerprint density at radius 3 is 2.56 bits per heavy atom. The summed E-state index contributed by atoms with van der Waals surface area (Å²) in [6, 6.07) is 17.1. The van der Waals surface area contributed by atoms with Gasteiger partial charge in [-0.15, -0.1) is 0 Å². The van der Waals surface area contributed by atoms with Crippen LogP contribution in [-0.2, 0) is 9.59 Å². The molecule has 1 amide bonds. The highest BCUT2D eigenvalue weighted by atomic mass is 19.1. The van der Waals surface area contributed by atoms with Crippen LogP contribution in [0.5, 0.6) is 5.75 Å². The van der Waals surface area contributed by atoms with Gasteiger partial charge in [0.25, 0.3) is 11.7 Å². The van der Waals surface area contributed by atoms with Crippen molar-refractivity contribution in [3.63, 3.8) is 0 Å². The Hall–Kier alpha value is -4.39. The van der Waals surface area contributed by atoms with E-state index in [4.69, 9.17) is 4.74 Å². The maximum absolute atomic E-state index is 14.2. The van der Waals surface area contributed by atoms with Crippen LogP contribution in [0.15, 0.2) is 78.5 Å². The predicted octanol–water partition coefficient (Wildman–Crippen LogP) is 6.03. The summed E-state index contributed by atoms with van der Waals surface area (Å²) >= 11 is 0. The van der Waals surface area contributed by atoms with E-state index in [0.717, 1.165) is 16.5 Å². The largest absolute Gasteiger partial charge is 0.507 e. The number of aliphatic hydroxyl groups excluding tert-OH is 1. The van der Waals surface area contributed by atoms with Crippen molar-refractivity contribution in [3.8, 4) is 5.75 Å². The molecule has 1 atom stereocenters. The number of anilines is 1. The zero-order valence-electron chi connectivity index (χ0n) is 20.1. The van der Waals surface area contributed by atoms with E-state index in [2.05, 4.69) is 4.98 Å². The normalized spacial score (nSPS) is 17.4. The van der Waals surface area contributed by atoms with E-state index in [1.165, 1.54) is 23.1 Å². The van der Waals surface area contributed by atoms with E-state index in [-0.39, 0.29) is 23.1 Å². The minimum absolute atomic E-state index is 0.0263. The Labute approximate surface area is 207 Å². The number of aryl methyl sites for hydroxylation is 1. The SMILES string of the molecule is Cc1cc(/C(O)=C2\C(=O)C(=O)N(c3cccc(F)c3)C2c2c[nH]c3ccccc23)ccc1OC(C)C. The maximum Gasteiger partial charge on any atom is 0.300 e. The molecule has 1 aromatic heterocycles. The van der Waals surface area contributed by atoms with Gasteiger partial charge in [-0.25, -0.2) is 4.39 Å². The van der Waals surface area contributed by atoms with E-state index in [1.807, 2.05) is 45.0 Å². The van der Waals surface area contributed by atoms with Gasteiger partial charge in [-0.1, -0.05) is 24.3 Å². The molecule has 3 aromatic carbocycles. The molecular weight excluding hydrogens is 459 g/mol. The first-order chi connectivity index (χ1) is 17.3. The number of carbonyl (C=O) groups is 2. The Morgan fingerprint density at radius 2 is 1.83 bits per heavy atom. The number of amides is 1. The highest BCUT2D eigenvalue weighted by Gasteiger charge is 2.47. The van der Waals surface area contributed by atoms with Crippen LogP contribution >= 0.6 is 0 Å². The number of hydrogen-bond acceptors (Lipinski definition) is 4. The van der Waals surface area contributed by atoms with E-state index >= 15 is 0 Å². The molecule has 0 saturated carbocycles. The first kappa shape index (κ1) is 23.4. The number of aromatic amines is 1. The molecule has 0 aliphatic carbocycles. The Balaban J connectivity index is 1.73. The number of halogens is 1. The van der Waals surface area contributed by atoms with Crippen LogP contribution < -0.4 is 9.64 Å². The number of aliphatic hydroxyl groups is 1. The Kier molecular flexibility index (Phi) is 5.84. The summed E-state index contributed by atoms with van der Waals surface area (Å²) in [5, 5.41) is 12.2. The molecule has 0 radical (unpaired) electrons. The highest BCUT2D eigenvalue weighted by Crippen LogP contribution is 2.44. The molecule has 36 heavy (non-hydrogen) atoms. The highest BCUT2D eigenvalue weighted by molar-refractivity contribution is 6.51. The number of rotatable bonds is 5. The molecule has 1 aliphatic rings. The number of ketones is 1.